The summed E-state index contributed by atoms with van der Waals surface area (Å²) in [5, 5.41) is 6.01. The van der Waals surface area contributed by atoms with E-state index in [1.54, 1.807) is 0 Å². The summed E-state index contributed by atoms with van der Waals surface area (Å²) in [7, 11) is 2.05. The third-order valence-electron chi connectivity index (χ3n) is 4.22. The van der Waals surface area contributed by atoms with Gasteiger partial charge in [-0.1, -0.05) is 6.42 Å². The van der Waals surface area contributed by atoms with Crippen molar-refractivity contribution in [2.45, 2.75) is 25.3 Å². The van der Waals surface area contributed by atoms with Crippen molar-refractivity contribution in [2.24, 2.45) is 0 Å². The van der Waals surface area contributed by atoms with Crippen molar-refractivity contribution in [3.05, 3.63) is 41.7 Å². The lowest BCUT2D eigenvalue weighted by Gasteiger charge is -2.34. The molecule has 0 radical (unpaired) electrons. The maximum atomic E-state index is 13.1. The highest BCUT2D eigenvalue weighted by atomic mass is 19.1. The molecule has 0 atom stereocenters. The smallest absolute Gasteiger partial charge is 0.294 e. The molecule has 1 aliphatic rings. The molecule has 1 aromatic carbocycles. The van der Waals surface area contributed by atoms with Crippen LogP contribution < -0.4 is 10.1 Å². The third kappa shape index (κ3) is 4.54. The highest BCUT2D eigenvalue weighted by molar-refractivity contribution is 6.02. The van der Waals surface area contributed by atoms with Gasteiger partial charge in [0.1, 0.15) is 18.2 Å². The first-order chi connectivity index (χ1) is 12.0. The molecule has 0 spiro atoms. The van der Waals surface area contributed by atoms with E-state index in [0.29, 0.717) is 12.6 Å². The number of hydrogen-bond donors (Lipinski definition) is 1. The van der Waals surface area contributed by atoms with Gasteiger partial charge in [-0.2, -0.15) is 0 Å². The number of hydrogen-bond acceptors (Lipinski definition) is 5. The van der Waals surface area contributed by atoms with Gasteiger partial charge in [0.05, 0.1) is 6.07 Å². The Hall–Kier alpha value is -2.48. The molecule has 1 heterocycles. The first kappa shape index (κ1) is 17.3. The Labute approximate surface area is 143 Å². The monoisotopic (exact) mass is 351 g/mol. The SMILES string of the molecule is CN(CCOc1cc(C(=O)Nc2cc(F)cc(F)c2)on1)C1CCC1. The predicted octanol–water partition coefficient (Wildman–Crippen LogP) is 3.07. The zero-order chi connectivity index (χ0) is 17.8. The van der Waals surface area contributed by atoms with E-state index in [0.717, 1.165) is 24.7 Å². The molecule has 25 heavy (non-hydrogen) atoms. The number of likely N-dealkylation sites (N-methyl/N-ethyl adjacent to an activating group) is 1. The fourth-order valence-corrected chi connectivity index (χ4v) is 2.56. The first-order valence-corrected chi connectivity index (χ1v) is 8.08. The van der Waals surface area contributed by atoms with E-state index in [1.807, 2.05) is 7.05 Å². The summed E-state index contributed by atoms with van der Waals surface area (Å²) in [4.78, 5) is 14.2. The van der Waals surface area contributed by atoms with Crippen molar-refractivity contribution in [3.63, 3.8) is 0 Å². The summed E-state index contributed by atoms with van der Waals surface area (Å²) in [5.74, 6) is -2.15. The molecule has 8 heteroatoms. The van der Waals surface area contributed by atoms with Crippen LogP contribution in [0.2, 0.25) is 0 Å². The Morgan fingerprint density at radius 3 is 2.68 bits per heavy atom. The Balaban J connectivity index is 1.50. The zero-order valence-electron chi connectivity index (χ0n) is 13.8. The van der Waals surface area contributed by atoms with Crippen molar-refractivity contribution >= 4 is 11.6 Å². The van der Waals surface area contributed by atoms with Crippen LogP contribution in [0, 0.1) is 11.6 Å². The fourth-order valence-electron chi connectivity index (χ4n) is 2.56. The molecule has 0 aliphatic heterocycles. The summed E-state index contributed by atoms with van der Waals surface area (Å²) in [6.07, 6.45) is 3.70. The van der Waals surface area contributed by atoms with E-state index in [-0.39, 0.29) is 17.3 Å². The maximum absolute atomic E-state index is 13.1. The number of carbonyl (C=O) groups excluding carboxylic acids is 1. The number of carbonyl (C=O) groups is 1. The Bertz CT molecular complexity index is 726. The minimum atomic E-state index is -0.785. The predicted molar refractivity (Wildman–Crippen MR) is 86.6 cm³/mol. The summed E-state index contributed by atoms with van der Waals surface area (Å²) < 4.78 is 36.6. The van der Waals surface area contributed by atoms with Crippen LogP contribution in [0.5, 0.6) is 5.88 Å². The van der Waals surface area contributed by atoms with Gasteiger partial charge < -0.3 is 19.5 Å². The van der Waals surface area contributed by atoms with E-state index in [4.69, 9.17) is 9.26 Å². The lowest BCUT2D eigenvalue weighted by Crippen LogP contribution is -2.39. The van der Waals surface area contributed by atoms with Crippen LogP contribution in [0.1, 0.15) is 29.8 Å². The quantitative estimate of drug-likeness (QED) is 0.830. The first-order valence-electron chi connectivity index (χ1n) is 8.08. The molecular weight excluding hydrogens is 332 g/mol. The molecule has 1 fully saturated rings. The van der Waals surface area contributed by atoms with Crippen LogP contribution in [-0.4, -0.2) is 42.2 Å². The molecule has 1 aliphatic carbocycles. The summed E-state index contributed by atoms with van der Waals surface area (Å²) in [5.41, 5.74) is -0.0107. The summed E-state index contributed by atoms with van der Waals surface area (Å²) in [6, 6.07) is 4.69. The number of benzene rings is 1. The third-order valence-corrected chi connectivity index (χ3v) is 4.22. The molecule has 3 rings (SSSR count). The van der Waals surface area contributed by atoms with Gasteiger partial charge in [0, 0.05) is 24.3 Å². The number of nitrogens with one attached hydrogen (secondary N) is 1. The molecule has 1 N–H and O–H groups in total. The minimum absolute atomic E-state index is 0.0107. The highest BCUT2D eigenvalue weighted by Crippen LogP contribution is 2.23. The van der Waals surface area contributed by atoms with E-state index >= 15 is 0 Å². The van der Waals surface area contributed by atoms with E-state index in [9.17, 15) is 13.6 Å². The number of anilines is 1. The summed E-state index contributed by atoms with van der Waals surface area (Å²) >= 11 is 0. The van der Waals surface area contributed by atoms with E-state index in [1.165, 1.54) is 25.3 Å². The largest absolute Gasteiger partial charge is 0.474 e. The molecule has 0 saturated heterocycles. The Morgan fingerprint density at radius 1 is 1.32 bits per heavy atom. The Morgan fingerprint density at radius 2 is 2.04 bits per heavy atom. The van der Waals surface area contributed by atoms with E-state index in [2.05, 4.69) is 15.4 Å². The van der Waals surface area contributed by atoms with Gasteiger partial charge in [0.15, 0.2) is 0 Å². The fraction of sp³-hybridized carbons (Fsp3) is 0.412. The number of ether oxygens (including phenoxy) is 1. The van der Waals surface area contributed by atoms with Crippen molar-refractivity contribution < 1.29 is 22.8 Å². The van der Waals surface area contributed by atoms with Crippen LogP contribution in [0.4, 0.5) is 14.5 Å². The average molecular weight is 351 g/mol. The lowest BCUT2D eigenvalue weighted by atomic mass is 9.92. The molecular formula is C17H19F2N3O3. The highest BCUT2D eigenvalue weighted by Gasteiger charge is 2.21. The second-order valence-electron chi connectivity index (χ2n) is 6.06. The van der Waals surface area contributed by atoms with Gasteiger partial charge in [0.25, 0.3) is 11.8 Å². The van der Waals surface area contributed by atoms with Gasteiger partial charge in [-0.15, -0.1) is 0 Å². The standard InChI is InChI=1S/C17H19F2N3O3/c1-22(14-3-2-4-14)5-6-24-16-10-15(25-21-16)17(23)20-13-8-11(18)7-12(19)9-13/h7-10,14H,2-6H2,1H3,(H,20,23). The molecule has 1 amide bonds. The van der Waals surface area contributed by atoms with Crippen LogP contribution in [0.25, 0.3) is 0 Å². The number of halogens is 2. The molecule has 1 saturated carbocycles. The van der Waals surface area contributed by atoms with Crippen molar-refractivity contribution in [1.82, 2.24) is 10.1 Å². The topological polar surface area (TPSA) is 67.6 Å². The van der Waals surface area contributed by atoms with Gasteiger partial charge in [-0.05, 0) is 37.2 Å². The van der Waals surface area contributed by atoms with Gasteiger partial charge >= 0.3 is 0 Å². The maximum Gasteiger partial charge on any atom is 0.294 e. The van der Waals surface area contributed by atoms with Gasteiger partial charge in [-0.25, -0.2) is 8.78 Å². The van der Waals surface area contributed by atoms with Crippen LogP contribution in [0.15, 0.2) is 28.8 Å². The number of nitrogens with zero attached hydrogens (tertiary/aromatic N) is 2. The van der Waals surface area contributed by atoms with E-state index < -0.39 is 17.5 Å². The van der Waals surface area contributed by atoms with Crippen LogP contribution in [-0.2, 0) is 0 Å². The molecule has 0 unspecified atom stereocenters. The number of rotatable bonds is 7. The van der Waals surface area contributed by atoms with Crippen molar-refractivity contribution in [2.75, 3.05) is 25.5 Å². The Kier molecular flexibility index (Phi) is 5.28. The molecule has 134 valence electrons. The number of amides is 1. The molecule has 1 aromatic heterocycles. The van der Waals surface area contributed by atoms with Gasteiger partial charge in [-0.3, -0.25) is 4.79 Å². The van der Waals surface area contributed by atoms with Gasteiger partial charge in [0.2, 0.25) is 5.76 Å². The molecule has 6 nitrogen and oxygen atoms in total. The summed E-state index contributed by atoms with van der Waals surface area (Å²) in [6.45, 7) is 1.18. The molecule has 0 bridgehead atoms. The zero-order valence-corrected chi connectivity index (χ0v) is 13.8. The lowest BCUT2D eigenvalue weighted by molar-refractivity contribution is 0.0987. The second kappa shape index (κ2) is 7.60. The molecule has 2 aromatic rings. The second-order valence-corrected chi connectivity index (χ2v) is 6.06. The van der Waals surface area contributed by atoms with Crippen LogP contribution >= 0.6 is 0 Å². The normalized spacial score (nSPS) is 14.4. The van der Waals surface area contributed by atoms with Crippen molar-refractivity contribution in [3.8, 4) is 5.88 Å². The van der Waals surface area contributed by atoms with Crippen molar-refractivity contribution in [1.29, 1.82) is 0 Å². The average Bonchev–Trinajstić information content (AvgIpc) is 2.93. The minimum Gasteiger partial charge on any atom is -0.474 e. The number of aromatic nitrogens is 1. The van der Waals surface area contributed by atoms with Crippen LogP contribution in [0.3, 0.4) is 0 Å².